The van der Waals surface area contributed by atoms with E-state index in [2.05, 4.69) is 26.0 Å². The van der Waals surface area contributed by atoms with Crippen molar-refractivity contribution in [3.8, 4) is 5.75 Å². The topological polar surface area (TPSA) is 21.3 Å². The van der Waals surface area contributed by atoms with E-state index in [9.17, 15) is 13.2 Å². The van der Waals surface area contributed by atoms with Crippen molar-refractivity contribution in [3.63, 3.8) is 0 Å². The first-order valence-electron chi connectivity index (χ1n) is 5.88. The van der Waals surface area contributed by atoms with Gasteiger partial charge in [0.25, 0.3) is 0 Å². The van der Waals surface area contributed by atoms with Crippen molar-refractivity contribution in [2.75, 3.05) is 5.32 Å². The van der Waals surface area contributed by atoms with Gasteiger partial charge in [-0.05, 0) is 34.1 Å². The molecule has 0 spiro atoms. The first-order chi connectivity index (χ1) is 9.87. The molecule has 7 heteroatoms. The van der Waals surface area contributed by atoms with Crippen molar-refractivity contribution in [1.82, 2.24) is 0 Å². The highest BCUT2D eigenvalue weighted by atomic mass is 79.9. The van der Waals surface area contributed by atoms with Gasteiger partial charge in [-0.3, -0.25) is 0 Å². The van der Waals surface area contributed by atoms with Crippen LogP contribution in [-0.4, -0.2) is 6.36 Å². The van der Waals surface area contributed by atoms with Gasteiger partial charge in [0, 0.05) is 12.1 Å². The summed E-state index contributed by atoms with van der Waals surface area (Å²) in [5, 5.41) is 3.53. The molecule has 2 aromatic rings. The van der Waals surface area contributed by atoms with Gasteiger partial charge in [-0.15, -0.1) is 13.2 Å². The summed E-state index contributed by atoms with van der Waals surface area (Å²) in [6.07, 6.45) is -4.72. The minimum atomic E-state index is -4.72. The van der Waals surface area contributed by atoms with E-state index in [1.807, 2.05) is 0 Å². The lowest BCUT2D eigenvalue weighted by Gasteiger charge is -2.15. The molecule has 112 valence electrons. The smallest absolute Gasteiger partial charge is 0.405 e. The highest BCUT2D eigenvalue weighted by Crippen LogP contribution is 2.31. The van der Waals surface area contributed by atoms with E-state index in [0.29, 0.717) is 20.7 Å². The summed E-state index contributed by atoms with van der Waals surface area (Å²) in [4.78, 5) is 0. The second kappa shape index (κ2) is 6.58. The molecule has 0 amide bonds. The number of hydrogen-bond donors (Lipinski definition) is 1. The van der Waals surface area contributed by atoms with Gasteiger partial charge in [0.15, 0.2) is 0 Å². The Kier molecular flexibility index (Phi) is 5.00. The van der Waals surface area contributed by atoms with Crippen LogP contribution >= 0.6 is 27.5 Å². The van der Waals surface area contributed by atoms with E-state index in [4.69, 9.17) is 11.6 Å². The summed E-state index contributed by atoms with van der Waals surface area (Å²) in [6, 6.07) is 11.2. The Labute approximate surface area is 133 Å². The summed E-state index contributed by atoms with van der Waals surface area (Å²) >= 11 is 9.27. The third-order valence-electron chi connectivity index (χ3n) is 2.62. The normalized spacial score (nSPS) is 11.3. The number of para-hydroxylation sites is 1. The Bertz CT molecular complexity index is 634. The Morgan fingerprint density at radius 1 is 1.10 bits per heavy atom. The highest BCUT2D eigenvalue weighted by molar-refractivity contribution is 9.10. The zero-order chi connectivity index (χ0) is 15.5. The summed E-state index contributed by atoms with van der Waals surface area (Å²) in [5.74, 6) is -0.226. The fourth-order valence-electron chi connectivity index (χ4n) is 1.70. The van der Waals surface area contributed by atoms with E-state index in [-0.39, 0.29) is 12.3 Å². The predicted octanol–water partition coefficient (Wildman–Crippen LogP) is 5.61. The van der Waals surface area contributed by atoms with E-state index >= 15 is 0 Å². The average molecular weight is 381 g/mol. The van der Waals surface area contributed by atoms with Crippen molar-refractivity contribution < 1.29 is 17.9 Å². The van der Waals surface area contributed by atoms with Gasteiger partial charge in [-0.2, -0.15) is 0 Å². The predicted molar refractivity (Wildman–Crippen MR) is 79.6 cm³/mol. The van der Waals surface area contributed by atoms with Crippen LogP contribution in [0.25, 0.3) is 0 Å². The molecule has 0 radical (unpaired) electrons. The zero-order valence-corrected chi connectivity index (χ0v) is 12.9. The lowest BCUT2D eigenvalue weighted by atomic mass is 10.2. The number of hydrogen-bond acceptors (Lipinski definition) is 2. The Morgan fingerprint density at radius 2 is 1.81 bits per heavy atom. The molecule has 0 aliphatic heterocycles. The number of benzene rings is 2. The molecule has 2 nitrogen and oxygen atoms in total. The van der Waals surface area contributed by atoms with Crippen LogP contribution in [0.2, 0.25) is 5.02 Å². The standard InChI is InChI=1S/C14H10BrClF3NO/c15-13-10(16)5-3-6-11(13)20-8-9-4-1-2-7-12(9)21-14(17,18)19/h1-7,20H,8H2. The molecule has 21 heavy (non-hydrogen) atoms. The number of nitrogens with one attached hydrogen (secondary N) is 1. The number of halogens is 5. The van der Waals surface area contributed by atoms with E-state index in [1.165, 1.54) is 12.1 Å². The molecular weight excluding hydrogens is 371 g/mol. The maximum absolute atomic E-state index is 12.3. The molecule has 0 saturated carbocycles. The Balaban J connectivity index is 2.15. The number of ether oxygens (including phenoxy) is 1. The van der Waals surface area contributed by atoms with Gasteiger partial charge in [-0.1, -0.05) is 35.9 Å². The molecular formula is C14H10BrClF3NO. The van der Waals surface area contributed by atoms with Gasteiger partial charge in [0.1, 0.15) is 5.75 Å². The van der Waals surface area contributed by atoms with Gasteiger partial charge in [0.05, 0.1) is 15.2 Å². The molecule has 0 unspecified atom stereocenters. The van der Waals surface area contributed by atoms with Gasteiger partial charge < -0.3 is 10.1 Å². The quantitative estimate of drug-likeness (QED) is 0.744. The van der Waals surface area contributed by atoms with E-state index < -0.39 is 6.36 Å². The summed E-state index contributed by atoms with van der Waals surface area (Å²) < 4.78 is 41.7. The first kappa shape index (κ1) is 16.0. The number of alkyl halides is 3. The van der Waals surface area contributed by atoms with Crippen LogP contribution < -0.4 is 10.1 Å². The molecule has 0 saturated heterocycles. The third-order valence-corrected chi connectivity index (χ3v) is 4.02. The molecule has 2 rings (SSSR count). The Hall–Kier alpha value is -1.40. The van der Waals surface area contributed by atoms with Crippen molar-refractivity contribution in [3.05, 3.63) is 57.5 Å². The van der Waals surface area contributed by atoms with Crippen LogP contribution in [0.5, 0.6) is 5.75 Å². The molecule has 0 atom stereocenters. The van der Waals surface area contributed by atoms with Crippen LogP contribution in [0.4, 0.5) is 18.9 Å². The summed E-state index contributed by atoms with van der Waals surface area (Å²) in [7, 11) is 0. The number of anilines is 1. The fourth-order valence-corrected chi connectivity index (χ4v) is 2.28. The monoisotopic (exact) mass is 379 g/mol. The largest absolute Gasteiger partial charge is 0.573 e. The van der Waals surface area contributed by atoms with Crippen LogP contribution in [0, 0.1) is 0 Å². The minimum absolute atomic E-state index is 0.172. The van der Waals surface area contributed by atoms with E-state index in [1.54, 1.807) is 30.3 Å². The summed E-state index contributed by atoms with van der Waals surface area (Å²) in [5.41, 5.74) is 1.08. The molecule has 0 aromatic heterocycles. The SMILES string of the molecule is FC(F)(F)Oc1ccccc1CNc1cccc(Cl)c1Br. The maximum Gasteiger partial charge on any atom is 0.573 e. The Morgan fingerprint density at radius 3 is 2.52 bits per heavy atom. The molecule has 2 aromatic carbocycles. The molecule has 0 heterocycles. The van der Waals surface area contributed by atoms with Gasteiger partial charge >= 0.3 is 6.36 Å². The van der Waals surface area contributed by atoms with Crippen LogP contribution in [-0.2, 0) is 6.54 Å². The maximum atomic E-state index is 12.3. The fraction of sp³-hybridized carbons (Fsp3) is 0.143. The molecule has 0 aliphatic rings. The average Bonchev–Trinajstić information content (AvgIpc) is 2.40. The van der Waals surface area contributed by atoms with Crippen molar-refractivity contribution in [1.29, 1.82) is 0 Å². The van der Waals surface area contributed by atoms with Gasteiger partial charge in [0.2, 0.25) is 0 Å². The van der Waals surface area contributed by atoms with Crippen molar-refractivity contribution in [2.24, 2.45) is 0 Å². The van der Waals surface area contributed by atoms with Crippen molar-refractivity contribution in [2.45, 2.75) is 12.9 Å². The van der Waals surface area contributed by atoms with Gasteiger partial charge in [-0.25, -0.2) is 0 Å². The number of rotatable bonds is 4. The highest BCUT2D eigenvalue weighted by Gasteiger charge is 2.31. The molecule has 0 fully saturated rings. The first-order valence-corrected chi connectivity index (χ1v) is 7.05. The summed E-state index contributed by atoms with van der Waals surface area (Å²) in [6.45, 7) is 0.172. The molecule has 1 N–H and O–H groups in total. The van der Waals surface area contributed by atoms with E-state index in [0.717, 1.165) is 0 Å². The van der Waals surface area contributed by atoms with Crippen LogP contribution in [0.15, 0.2) is 46.9 Å². The lowest BCUT2D eigenvalue weighted by Crippen LogP contribution is -2.18. The third kappa shape index (κ3) is 4.54. The molecule has 0 bridgehead atoms. The second-order valence-electron chi connectivity index (χ2n) is 4.11. The van der Waals surface area contributed by atoms with Crippen molar-refractivity contribution >= 4 is 33.2 Å². The minimum Gasteiger partial charge on any atom is -0.405 e. The molecule has 0 aliphatic carbocycles. The van der Waals surface area contributed by atoms with Crippen LogP contribution in [0.3, 0.4) is 0 Å². The second-order valence-corrected chi connectivity index (χ2v) is 5.31. The van der Waals surface area contributed by atoms with Crippen LogP contribution in [0.1, 0.15) is 5.56 Å². The lowest BCUT2D eigenvalue weighted by molar-refractivity contribution is -0.274. The zero-order valence-electron chi connectivity index (χ0n) is 10.5.